The van der Waals surface area contributed by atoms with Gasteiger partial charge in [0.15, 0.2) is 11.9 Å². The molecule has 0 heterocycles. The van der Waals surface area contributed by atoms with Crippen LogP contribution in [0.15, 0.2) is 66.7 Å². The molecule has 0 radical (unpaired) electrons. The lowest BCUT2D eigenvalue weighted by Gasteiger charge is -2.16. The Bertz CT molecular complexity index is 1290. The second-order valence-corrected chi connectivity index (χ2v) is 7.67. The lowest BCUT2D eigenvalue weighted by molar-refractivity contribution is -0.384. The number of halogens is 1. The van der Waals surface area contributed by atoms with Gasteiger partial charge in [-0.1, -0.05) is 41.9 Å². The highest BCUT2D eigenvalue weighted by atomic mass is 35.5. The molecule has 0 saturated heterocycles. The summed E-state index contributed by atoms with van der Waals surface area (Å²) in [6.07, 6.45) is -1.20. The Balaban J connectivity index is 1.79. The van der Waals surface area contributed by atoms with Crippen molar-refractivity contribution in [3.05, 3.63) is 98.6 Å². The summed E-state index contributed by atoms with van der Waals surface area (Å²) in [5, 5.41) is 13.7. The first kappa shape index (κ1) is 25.4. The van der Waals surface area contributed by atoms with Crippen molar-refractivity contribution in [1.82, 2.24) is 0 Å². The number of nitro benzene ring substituents is 1. The number of nitrogens with zero attached hydrogens (tertiary/aromatic N) is 1. The van der Waals surface area contributed by atoms with Crippen molar-refractivity contribution in [3.63, 3.8) is 0 Å². The van der Waals surface area contributed by atoms with Crippen LogP contribution in [0.2, 0.25) is 5.02 Å². The third-order valence-electron chi connectivity index (χ3n) is 4.89. The monoisotopic (exact) mass is 496 g/mol. The van der Waals surface area contributed by atoms with Crippen LogP contribution in [-0.2, 0) is 9.53 Å². The number of ether oxygens (including phenoxy) is 2. The molecule has 9 nitrogen and oxygen atoms in total. The number of anilines is 1. The van der Waals surface area contributed by atoms with Crippen LogP contribution in [0.1, 0.15) is 40.1 Å². The van der Waals surface area contributed by atoms with E-state index in [-0.39, 0.29) is 21.7 Å². The number of benzene rings is 3. The van der Waals surface area contributed by atoms with E-state index in [4.69, 9.17) is 21.1 Å². The van der Waals surface area contributed by atoms with Crippen molar-refractivity contribution in [1.29, 1.82) is 0 Å². The van der Waals surface area contributed by atoms with E-state index in [0.717, 1.165) is 6.07 Å². The first-order valence-corrected chi connectivity index (χ1v) is 10.9. The molecule has 1 atom stereocenters. The maximum atomic E-state index is 13.1. The van der Waals surface area contributed by atoms with E-state index in [1.165, 1.54) is 43.3 Å². The van der Waals surface area contributed by atoms with E-state index < -0.39 is 34.4 Å². The molecule has 0 spiro atoms. The summed E-state index contributed by atoms with van der Waals surface area (Å²) < 4.78 is 10.8. The van der Waals surface area contributed by atoms with Crippen molar-refractivity contribution in [3.8, 4) is 5.75 Å². The first-order chi connectivity index (χ1) is 16.7. The molecule has 1 N–H and O–H groups in total. The third kappa shape index (κ3) is 6.01. The van der Waals surface area contributed by atoms with Gasteiger partial charge in [0.2, 0.25) is 0 Å². The molecule has 0 aromatic heterocycles. The molecule has 0 aliphatic heterocycles. The summed E-state index contributed by atoms with van der Waals surface area (Å²) in [5.74, 6) is -1.67. The first-order valence-electron chi connectivity index (χ1n) is 10.5. The Hall–Kier alpha value is -4.24. The number of esters is 1. The van der Waals surface area contributed by atoms with Gasteiger partial charge in [-0.15, -0.1) is 0 Å². The van der Waals surface area contributed by atoms with Gasteiger partial charge in [-0.2, -0.15) is 0 Å². The minimum absolute atomic E-state index is 0.0281. The van der Waals surface area contributed by atoms with Gasteiger partial charge in [0.25, 0.3) is 11.6 Å². The molecule has 35 heavy (non-hydrogen) atoms. The van der Waals surface area contributed by atoms with E-state index >= 15 is 0 Å². The smallest absolute Gasteiger partial charge is 0.339 e. The van der Waals surface area contributed by atoms with Crippen LogP contribution in [-0.4, -0.2) is 35.3 Å². The number of nitro groups is 1. The topological polar surface area (TPSA) is 125 Å². The van der Waals surface area contributed by atoms with Gasteiger partial charge in [0, 0.05) is 17.2 Å². The standard InChI is InChI=1S/C25H21ClN2O7/c1-3-34-22-11-7-6-10-20(22)27-24(30)15(2)35-25(31)18-9-5-4-8-17(18)23(29)16-12-13-19(26)21(14-16)28(32)33/h4-15H,3H2,1-2H3,(H,27,30). The van der Waals surface area contributed by atoms with Gasteiger partial charge in [-0.3, -0.25) is 19.7 Å². The third-order valence-corrected chi connectivity index (χ3v) is 5.21. The molecule has 1 amide bonds. The van der Waals surface area contributed by atoms with Crippen LogP contribution in [0.4, 0.5) is 11.4 Å². The van der Waals surface area contributed by atoms with Gasteiger partial charge in [0.1, 0.15) is 10.8 Å². The Morgan fingerprint density at radius 1 is 1.03 bits per heavy atom. The summed E-state index contributed by atoms with van der Waals surface area (Å²) in [6, 6.07) is 16.2. The number of nitrogens with one attached hydrogen (secondary N) is 1. The summed E-state index contributed by atoms with van der Waals surface area (Å²) in [4.78, 5) is 49.0. The van der Waals surface area contributed by atoms with Gasteiger partial charge in [0.05, 0.1) is 22.8 Å². The van der Waals surface area contributed by atoms with E-state index in [1.807, 2.05) is 6.92 Å². The molecule has 3 aromatic carbocycles. The van der Waals surface area contributed by atoms with Crippen molar-refractivity contribution >= 4 is 40.6 Å². The van der Waals surface area contributed by atoms with E-state index in [1.54, 1.807) is 24.3 Å². The molecule has 0 aliphatic carbocycles. The Kier molecular flexibility index (Phi) is 8.17. The average molecular weight is 497 g/mol. The fourth-order valence-electron chi connectivity index (χ4n) is 3.17. The molecule has 10 heteroatoms. The highest BCUT2D eigenvalue weighted by Gasteiger charge is 2.25. The maximum Gasteiger partial charge on any atom is 0.339 e. The lowest BCUT2D eigenvalue weighted by Crippen LogP contribution is -2.30. The Labute approximate surface area is 205 Å². The van der Waals surface area contributed by atoms with E-state index in [0.29, 0.717) is 18.0 Å². The molecule has 0 fully saturated rings. The number of hydrogen-bond donors (Lipinski definition) is 1. The van der Waals surface area contributed by atoms with Crippen molar-refractivity contribution in [2.24, 2.45) is 0 Å². The maximum absolute atomic E-state index is 13.1. The molecular weight excluding hydrogens is 476 g/mol. The van der Waals surface area contributed by atoms with Crippen LogP contribution in [0, 0.1) is 10.1 Å². The van der Waals surface area contributed by atoms with Crippen LogP contribution < -0.4 is 10.1 Å². The van der Waals surface area contributed by atoms with Crippen molar-refractivity contribution in [2.75, 3.05) is 11.9 Å². The molecule has 3 rings (SSSR count). The van der Waals surface area contributed by atoms with Gasteiger partial charge < -0.3 is 14.8 Å². The van der Waals surface area contributed by atoms with Gasteiger partial charge in [-0.05, 0) is 44.2 Å². The van der Waals surface area contributed by atoms with Crippen LogP contribution in [0.25, 0.3) is 0 Å². The predicted molar refractivity (Wildman–Crippen MR) is 129 cm³/mol. The second kappa shape index (κ2) is 11.3. The summed E-state index contributed by atoms with van der Waals surface area (Å²) in [7, 11) is 0. The largest absolute Gasteiger partial charge is 0.492 e. The molecule has 1 unspecified atom stereocenters. The Morgan fingerprint density at radius 3 is 2.37 bits per heavy atom. The van der Waals surface area contributed by atoms with Crippen LogP contribution in [0.3, 0.4) is 0 Å². The second-order valence-electron chi connectivity index (χ2n) is 7.26. The number of amides is 1. The summed E-state index contributed by atoms with van der Waals surface area (Å²) in [5.41, 5.74) is -0.176. The number of carbonyl (C=O) groups excluding carboxylic acids is 3. The number of carbonyl (C=O) groups is 3. The molecule has 180 valence electrons. The number of hydrogen-bond acceptors (Lipinski definition) is 7. The number of rotatable bonds is 9. The molecular formula is C25H21ClN2O7. The number of para-hydroxylation sites is 2. The minimum atomic E-state index is -1.20. The Morgan fingerprint density at radius 2 is 1.69 bits per heavy atom. The van der Waals surface area contributed by atoms with Gasteiger partial charge in [-0.25, -0.2) is 4.79 Å². The summed E-state index contributed by atoms with van der Waals surface area (Å²) >= 11 is 5.82. The zero-order chi connectivity index (χ0) is 25.5. The van der Waals surface area contributed by atoms with Crippen LogP contribution >= 0.6 is 11.6 Å². The van der Waals surface area contributed by atoms with Crippen molar-refractivity contribution < 1.29 is 28.8 Å². The molecule has 0 aliphatic rings. The molecule has 3 aromatic rings. The number of ketones is 1. The fourth-order valence-corrected chi connectivity index (χ4v) is 3.36. The SMILES string of the molecule is CCOc1ccccc1NC(=O)C(C)OC(=O)c1ccccc1C(=O)c1ccc(Cl)c([N+](=O)[O-])c1. The quantitative estimate of drug-likeness (QED) is 0.190. The molecule has 0 saturated carbocycles. The zero-order valence-electron chi connectivity index (χ0n) is 18.8. The molecule has 0 bridgehead atoms. The highest BCUT2D eigenvalue weighted by molar-refractivity contribution is 6.33. The van der Waals surface area contributed by atoms with E-state index in [9.17, 15) is 24.5 Å². The summed E-state index contributed by atoms with van der Waals surface area (Å²) in [6.45, 7) is 3.60. The zero-order valence-corrected chi connectivity index (χ0v) is 19.6. The average Bonchev–Trinajstić information content (AvgIpc) is 2.85. The normalized spacial score (nSPS) is 11.3. The van der Waals surface area contributed by atoms with Crippen molar-refractivity contribution in [2.45, 2.75) is 20.0 Å². The lowest BCUT2D eigenvalue weighted by atomic mass is 9.98. The predicted octanol–water partition coefficient (Wildman–Crippen LogP) is 5.06. The van der Waals surface area contributed by atoms with Crippen LogP contribution in [0.5, 0.6) is 5.75 Å². The fraction of sp³-hybridized carbons (Fsp3) is 0.160. The van der Waals surface area contributed by atoms with Gasteiger partial charge >= 0.3 is 5.97 Å². The van der Waals surface area contributed by atoms with E-state index in [2.05, 4.69) is 5.32 Å². The highest BCUT2D eigenvalue weighted by Crippen LogP contribution is 2.27. The minimum Gasteiger partial charge on any atom is -0.492 e.